The molecule has 0 atom stereocenters. The molecule has 5 nitrogen and oxygen atoms in total. The van der Waals surface area contributed by atoms with Crippen LogP contribution in [0, 0.1) is 11.3 Å². The summed E-state index contributed by atoms with van der Waals surface area (Å²) in [5.74, 6) is -0.657. The Hall–Kier alpha value is -1.87. The number of benzene rings is 1. The van der Waals surface area contributed by atoms with Gasteiger partial charge in [-0.05, 0) is 24.1 Å². The molecule has 0 radical (unpaired) electrons. The summed E-state index contributed by atoms with van der Waals surface area (Å²) in [6.07, 6.45) is 0.553. The van der Waals surface area contributed by atoms with Crippen molar-refractivity contribution >= 4 is 15.8 Å². The van der Waals surface area contributed by atoms with Gasteiger partial charge in [0, 0.05) is 6.42 Å². The molecule has 0 aliphatic heterocycles. The van der Waals surface area contributed by atoms with Crippen molar-refractivity contribution in [3.8, 4) is 6.07 Å². The van der Waals surface area contributed by atoms with Gasteiger partial charge in [-0.3, -0.25) is 0 Å². The topological polar surface area (TPSA) is 84.2 Å². The fraction of sp³-hybridized carbons (Fsp3) is 0.385. The molecule has 0 N–H and O–H groups in total. The van der Waals surface area contributed by atoms with Crippen LogP contribution < -0.4 is 0 Å². The van der Waals surface area contributed by atoms with E-state index in [-0.39, 0.29) is 17.9 Å². The van der Waals surface area contributed by atoms with Gasteiger partial charge in [-0.2, -0.15) is 5.26 Å². The van der Waals surface area contributed by atoms with Crippen molar-refractivity contribution in [3.05, 3.63) is 35.4 Å². The quantitative estimate of drug-likeness (QED) is 0.585. The number of carbonyl (C=O) groups excluding carboxylic acids is 1. The second-order valence-electron chi connectivity index (χ2n) is 4.05. The maximum atomic E-state index is 11.8. The number of hydrogen-bond acceptors (Lipinski definition) is 5. The summed E-state index contributed by atoms with van der Waals surface area (Å²) >= 11 is 0. The predicted octanol–water partition coefficient (Wildman–Crippen LogP) is 1.69. The van der Waals surface area contributed by atoms with E-state index in [9.17, 15) is 13.2 Å². The number of esters is 1. The Bertz CT molecular complexity index is 587. The van der Waals surface area contributed by atoms with Gasteiger partial charge in [0.15, 0.2) is 9.84 Å². The average molecular weight is 281 g/mol. The first-order chi connectivity index (χ1) is 8.98. The standard InChI is InChI=1S/C13H15NO4S/c1-18-13(15)12-6-4-5-11(9-12)10-19(16,17)8-3-2-7-14/h4-6,9H,2-3,8,10H2,1H3. The van der Waals surface area contributed by atoms with Gasteiger partial charge in [0.05, 0.1) is 30.2 Å². The molecule has 1 aromatic rings. The molecule has 1 rings (SSSR count). The molecule has 0 saturated heterocycles. The van der Waals surface area contributed by atoms with E-state index in [0.717, 1.165) is 0 Å². The van der Waals surface area contributed by atoms with Crippen molar-refractivity contribution < 1.29 is 17.9 Å². The highest BCUT2D eigenvalue weighted by molar-refractivity contribution is 7.90. The van der Waals surface area contributed by atoms with E-state index < -0.39 is 15.8 Å². The van der Waals surface area contributed by atoms with E-state index >= 15 is 0 Å². The van der Waals surface area contributed by atoms with Crippen LogP contribution in [-0.2, 0) is 20.3 Å². The van der Waals surface area contributed by atoms with Crippen LogP contribution in [0.3, 0.4) is 0 Å². The van der Waals surface area contributed by atoms with Gasteiger partial charge in [-0.15, -0.1) is 0 Å². The largest absolute Gasteiger partial charge is 0.465 e. The average Bonchev–Trinajstić information content (AvgIpc) is 2.37. The molecule has 0 saturated carbocycles. The molecule has 0 fully saturated rings. The Morgan fingerprint density at radius 2 is 2.16 bits per heavy atom. The van der Waals surface area contributed by atoms with E-state index in [0.29, 0.717) is 17.5 Å². The molecule has 0 bridgehead atoms. The zero-order chi connectivity index (χ0) is 14.3. The third-order valence-corrected chi connectivity index (χ3v) is 4.16. The van der Waals surface area contributed by atoms with Gasteiger partial charge in [-0.1, -0.05) is 12.1 Å². The van der Waals surface area contributed by atoms with Crippen LogP contribution in [0.1, 0.15) is 28.8 Å². The number of ether oxygens (including phenoxy) is 1. The summed E-state index contributed by atoms with van der Waals surface area (Å²) in [5, 5.41) is 8.38. The van der Waals surface area contributed by atoms with Crippen LogP contribution in [0.25, 0.3) is 0 Å². The zero-order valence-corrected chi connectivity index (χ0v) is 11.4. The summed E-state index contributed by atoms with van der Waals surface area (Å²) in [5.41, 5.74) is 0.868. The third kappa shape index (κ3) is 5.10. The molecule has 0 heterocycles. The summed E-state index contributed by atoms with van der Waals surface area (Å²) in [6.45, 7) is 0. The number of hydrogen-bond donors (Lipinski definition) is 0. The van der Waals surface area contributed by atoms with E-state index in [1.165, 1.54) is 13.2 Å². The molecular formula is C13H15NO4S. The monoisotopic (exact) mass is 281 g/mol. The lowest BCUT2D eigenvalue weighted by atomic mass is 10.1. The van der Waals surface area contributed by atoms with Gasteiger partial charge in [0.1, 0.15) is 0 Å². The molecule has 19 heavy (non-hydrogen) atoms. The van der Waals surface area contributed by atoms with Crippen LogP contribution >= 0.6 is 0 Å². The number of unbranched alkanes of at least 4 members (excludes halogenated alkanes) is 1. The van der Waals surface area contributed by atoms with Crippen molar-refractivity contribution in [2.75, 3.05) is 12.9 Å². The minimum atomic E-state index is -3.26. The molecule has 0 aliphatic rings. The van der Waals surface area contributed by atoms with Gasteiger partial charge in [0.25, 0.3) is 0 Å². The van der Waals surface area contributed by atoms with Gasteiger partial charge >= 0.3 is 5.97 Å². The van der Waals surface area contributed by atoms with Crippen LogP contribution in [-0.4, -0.2) is 27.2 Å². The van der Waals surface area contributed by atoms with Gasteiger partial charge in [-0.25, -0.2) is 13.2 Å². The maximum Gasteiger partial charge on any atom is 0.337 e. The van der Waals surface area contributed by atoms with E-state index in [1.54, 1.807) is 18.2 Å². The summed E-state index contributed by atoms with van der Waals surface area (Å²) < 4.78 is 28.2. The van der Waals surface area contributed by atoms with E-state index in [2.05, 4.69) is 4.74 Å². The van der Waals surface area contributed by atoms with E-state index in [4.69, 9.17) is 5.26 Å². The van der Waals surface area contributed by atoms with Crippen molar-refractivity contribution in [1.82, 2.24) is 0 Å². The molecular weight excluding hydrogens is 266 g/mol. The van der Waals surface area contributed by atoms with Crippen molar-refractivity contribution in [3.63, 3.8) is 0 Å². The summed E-state index contributed by atoms with van der Waals surface area (Å²) in [7, 11) is -1.99. The number of sulfone groups is 1. The van der Waals surface area contributed by atoms with E-state index in [1.807, 2.05) is 6.07 Å². The summed E-state index contributed by atoms with van der Waals surface area (Å²) in [4.78, 5) is 11.3. The molecule has 0 aliphatic carbocycles. The normalized spacial score (nSPS) is 10.7. The second kappa shape index (κ2) is 6.90. The molecule has 1 aromatic carbocycles. The first kappa shape index (κ1) is 15.2. The number of nitriles is 1. The lowest BCUT2D eigenvalue weighted by Crippen LogP contribution is -2.10. The Kier molecular flexibility index (Phi) is 5.52. The fourth-order valence-corrected chi connectivity index (χ4v) is 3.02. The molecule has 0 unspecified atom stereocenters. The SMILES string of the molecule is COC(=O)c1cccc(CS(=O)(=O)CCCC#N)c1. The summed E-state index contributed by atoms with van der Waals surface area (Å²) in [6, 6.07) is 8.25. The van der Waals surface area contributed by atoms with Crippen LogP contribution in [0.2, 0.25) is 0 Å². The predicted molar refractivity (Wildman–Crippen MR) is 70.1 cm³/mol. The molecule has 102 valence electrons. The van der Waals surface area contributed by atoms with Crippen LogP contribution in [0.5, 0.6) is 0 Å². The highest BCUT2D eigenvalue weighted by atomic mass is 32.2. The minimum absolute atomic E-state index is 0.0248. The van der Waals surface area contributed by atoms with Crippen molar-refractivity contribution in [1.29, 1.82) is 5.26 Å². The van der Waals surface area contributed by atoms with Crippen LogP contribution in [0.15, 0.2) is 24.3 Å². The highest BCUT2D eigenvalue weighted by Gasteiger charge is 2.13. The Labute approximate surface area is 112 Å². The Morgan fingerprint density at radius 1 is 1.42 bits per heavy atom. The number of carbonyl (C=O) groups is 1. The lowest BCUT2D eigenvalue weighted by Gasteiger charge is -2.05. The Morgan fingerprint density at radius 3 is 2.79 bits per heavy atom. The first-order valence-corrected chi connectivity index (χ1v) is 7.55. The number of rotatable bonds is 6. The number of methoxy groups -OCH3 is 1. The second-order valence-corrected chi connectivity index (χ2v) is 6.23. The van der Waals surface area contributed by atoms with Gasteiger partial charge < -0.3 is 4.74 Å². The maximum absolute atomic E-state index is 11.8. The molecule has 0 aromatic heterocycles. The van der Waals surface area contributed by atoms with Crippen LogP contribution in [0.4, 0.5) is 0 Å². The third-order valence-electron chi connectivity index (χ3n) is 2.48. The fourth-order valence-electron chi connectivity index (χ4n) is 1.60. The Balaban J connectivity index is 2.77. The van der Waals surface area contributed by atoms with Crippen molar-refractivity contribution in [2.24, 2.45) is 0 Å². The highest BCUT2D eigenvalue weighted by Crippen LogP contribution is 2.11. The molecule has 0 amide bonds. The molecule has 0 spiro atoms. The van der Waals surface area contributed by atoms with Crippen molar-refractivity contribution in [2.45, 2.75) is 18.6 Å². The molecule has 6 heteroatoms. The number of nitrogens with zero attached hydrogens (tertiary/aromatic N) is 1. The first-order valence-electron chi connectivity index (χ1n) is 5.73. The zero-order valence-electron chi connectivity index (χ0n) is 10.6. The lowest BCUT2D eigenvalue weighted by molar-refractivity contribution is 0.0600. The smallest absolute Gasteiger partial charge is 0.337 e. The minimum Gasteiger partial charge on any atom is -0.465 e. The van der Waals surface area contributed by atoms with Gasteiger partial charge in [0.2, 0.25) is 0 Å².